The zero-order valence-corrected chi connectivity index (χ0v) is 17.2. The second kappa shape index (κ2) is 10.2. The van der Waals surface area contributed by atoms with Gasteiger partial charge in [-0.05, 0) is 24.4 Å². The van der Waals surface area contributed by atoms with E-state index in [2.05, 4.69) is 10.2 Å². The minimum absolute atomic E-state index is 0.0239. The Kier molecular flexibility index (Phi) is 7.93. The van der Waals surface area contributed by atoms with E-state index in [1.807, 2.05) is 36.3 Å². The van der Waals surface area contributed by atoms with Crippen LogP contribution in [0.5, 0.6) is 0 Å². The predicted molar refractivity (Wildman–Crippen MR) is 104 cm³/mol. The van der Waals surface area contributed by atoms with Crippen LogP contribution < -0.4 is 0 Å². The summed E-state index contributed by atoms with van der Waals surface area (Å²) in [5, 5.41) is 10.1. The molecule has 0 saturated carbocycles. The lowest BCUT2D eigenvalue weighted by Crippen LogP contribution is -2.44. The van der Waals surface area contributed by atoms with Gasteiger partial charge in [-0.1, -0.05) is 19.9 Å². The minimum atomic E-state index is -0.0545. The van der Waals surface area contributed by atoms with Crippen molar-refractivity contribution in [1.82, 2.24) is 24.9 Å². The number of rotatable bonds is 10. The van der Waals surface area contributed by atoms with Crippen LogP contribution >= 0.6 is 11.3 Å². The highest BCUT2D eigenvalue weighted by Crippen LogP contribution is 2.23. The Hall–Kier alpha value is -2.26. The average molecular weight is 394 g/mol. The molecule has 148 valence electrons. The van der Waals surface area contributed by atoms with Crippen molar-refractivity contribution in [2.75, 3.05) is 40.3 Å². The molecule has 27 heavy (non-hydrogen) atoms. The molecule has 0 saturated heterocycles. The maximum atomic E-state index is 12.8. The zero-order valence-electron chi connectivity index (χ0n) is 16.3. The number of amides is 2. The summed E-state index contributed by atoms with van der Waals surface area (Å²) in [5.74, 6) is 0.800. The standard InChI is InChI=1S/C18H27N5O3S/c1-5-9-23(17(25)13-22(6-2)12-16(24)21(3)4)11-15-19-20-18(26-15)14-8-7-10-27-14/h7-8,10H,5-6,9,11-13H2,1-4H3. The molecule has 0 atom stereocenters. The molecule has 0 fully saturated rings. The number of hydrogen-bond acceptors (Lipinski definition) is 7. The fraction of sp³-hybridized carbons (Fsp3) is 0.556. The summed E-state index contributed by atoms with van der Waals surface area (Å²) in [7, 11) is 3.42. The van der Waals surface area contributed by atoms with E-state index in [1.165, 1.54) is 16.2 Å². The molecule has 0 aliphatic heterocycles. The second-order valence-corrected chi connectivity index (χ2v) is 7.33. The molecule has 9 heteroatoms. The zero-order chi connectivity index (χ0) is 19.8. The fourth-order valence-electron chi connectivity index (χ4n) is 2.45. The van der Waals surface area contributed by atoms with Crippen molar-refractivity contribution in [2.45, 2.75) is 26.8 Å². The number of thiophene rings is 1. The van der Waals surface area contributed by atoms with Gasteiger partial charge in [0.15, 0.2) is 0 Å². The molecule has 0 aliphatic rings. The first-order valence-corrected chi connectivity index (χ1v) is 9.89. The smallest absolute Gasteiger partial charge is 0.257 e. The molecule has 2 amide bonds. The van der Waals surface area contributed by atoms with E-state index in [9.17, 15) is 9.59 Å². The number of likely N-dealkylation sites (N-methyl/N-ethyl adjacent to an activating group) is 2. The Bertz CT molecular complexity index is 729. The van der Waals surface area contributed by atoms with Gasteiger partial charge in [0.1, 0.15) is 0 Å². The predicted octanol–water partition coefficient (Wildman–Crippen LogP) is 1.95. The van der Waals surface area contributed by atoms with Crippen molar-refractivity contribution in [3.8, 4) is 10.8 Å². The average Bonchev–Trinajstić information content (AvgIpc) is 3.31. The molecular weight excluding hydrogens is 366 g/mol. The third kappa shape index (κ3) is 6.14. The monoisotopic (exact) mass is 393 g/mol. The van der Waals surface area contributed by atoms with Crippen LogP contribution in [0.15, 0.2) is 21.9 Å². The summed E-state index contributed by atoms with van der Waals surface area (Å²) in [4.78, 5) is 30.7. The van der Waals surface area contributed by atoms with Crippen molar-refractivity contribution >= 4 is 23.2 Å². The molecule has 2 rings (SSSR count). The van der Waals surface area contributed by atoms with E-state index < -0.39 is 0 Å². The molecule has 0 aliphatic carbocycles. The summed E-state index contributed by atoms with van der Waals surface area (Å²) in [6.45, 7) is 5.83. The van der Waals surface area contributed by atoms with Crippen LogP contribution in [0.3, 0.4) is 0 Å². The van der Waals surface area contributed by atoms with Gasteiger partial charge in [-0.3, -0.25) is 14.5 Å². The van der Waals surface area contributed by atoms with Gasteiger partial charge in [0.2, 0.25) is 17.7 Å². The van der Waals surface area contributed by atoms with Gasteiger partial charge in [-0.2, -0.15) is 0 Å². The highest BCUT2D eigenvalue weighted by Gasteiger charge is 2.21. The first-order valence-electron chi connectivity index (χ1n) is 9.01. The summed E-state index contributed by atoms with van der Waals surface area (Å²) in [6.07, 6.45) is 0.820. The van der Waals surface area contributed by atoms with Gasteiger partial charge in [0.05, 0.1) is 24.5 Å². The number of nitrogens with zero attached hydrogens (tertiary/aromatic N) is 5. The second-order valence-electron chi connectivity index (χ2n) is 6.38. The van der Waals surface area contributed by atoms with E-state index in [-0.39, 0.29) is 31.4 Å². The Morgan fingerprint density at radius 3 is 2.48 bits per heavy atom. The van der Waals surface area contributed by atoms with E-state index in [1.54, 1.807) is 19.0 Å². The molecule has 2 aromatic heterocycles. The molecule has 0 bridgehead atoms. The minimum Gasteiger partial charge on any atom is -0.418 e. The number of carbonyl (C=O) groups excluding carboxylic acids is 2. The third-order valence-electron chi connectivity index (χ3n) is 4.03. The van der Waals surface area contributed by atoms with E-state index >= 15 is 0 Å². The van der Waals surface area contributed by atoms with Crippen LogP contribution in [-0.2, 0) is 16.1 Å². The number of carbonyl (C=O) groups is 2. The van der Waals surface area contributed by atoms with Crippen molar-refractivity contribution < 1.29 is 14.0 Å². The molecule has 2 heterocycles. The molecule has 0 unspecified atom stereocenters. The fourth-order valence-corrected chi connectivity index (χ4v) is 3.09. The van der Waals surface area contributed by atoms with Crippen LogP contribution in [0.25, 0.3) is 10.8 Å². The Morgan fingerprint density at radius 1 is 1.15 bits per heavy atom. The molecule has 0 radical (unpaired) electrons. The Morgan fingerprint density at radius 2 is 1.89 bits per heavy atom. The number of aromatic nitrogens is 2. The lowest BCUT2D eigenvalue weighted by molar-refractivity contribution is -0.135. The highest BCUT2D eigenvalue weighted by molar-refractivity contribution is 7.13. The maximum Gasteiger partial charge on any atom is 0.257 e. The summed E-state index contributed by atoms with van der Waals surface area (Å²) in [6, 6.07) is 3.84. The largest absolute Gasteiger partial charge is 0.418 e. The van der Waals surface area contributed by atoms with Gasteiger partial charge >= 0.3 is 0 Å². The van der Waals surface area contributed by atoms with Crippen molar-refractivity contribution in [1.29, 1.82) is 0 Å². The first kappa shape index (κ1) is 21.0. The summed E-state index contributed by atoms with van der Waals surface area (Å²) in [5.41, 5.74) is 0. The van der Waals surface area contributed by atoms with Gasteiger partial charge in [0.25, 0.3) is 5.89 Å². The van der Waals surface area contributed by atoms with E-state index in [4.69, 9.17) is 4.42 Å². The van der Waals surface area contributed by atoms with Crippen LogP contribution in [0.2, 0.25) is 0 Å². The summed E-state index contributed by atoms with van der Waals surface area (Å²) >= 11 is 1.52. The van der Waals surface area contributed by atoms with Crippen LogP contribution in [0, 0.1) is 0 Å². The molecule has 0 N–H and O–H groups in total. The molecule has 2 aromatic rings. The lowest BCUT2D eigenvalue weighted by atomic mass is 10.3. The van der Waals surface area contributed by atoms with Gasteiger partial charge in [0, 0.05) is 20.6 Å². The molecule has 0 aromatic carbocycles. The summed E-state index contributed by atoms with van der Waals surface area (Å²) < 4.78 is 5.70. The van der Waals surface area contributed by atoms with Crippen molar-refractivity contribution in [2.24, 2.45) is 0 Å². The molecule has 0 spiro atoms. The van der Waals surface area contributed by atoms with Gasteiger partial charge < -0.3 is 14.2 Å². The number of hydrogen-bond donors (Lipinski definition) is 0. The quantitative estimate of drug-likeness (QED) is 0.614. The van der Waals surface area contributed by atoms with Crippen LogP contribution in [-0.4, -0.2) is 77.0 Å². The van der Waals surface area contributed by atoms with E-state index in [0.29, 0.717) is 24.9 Å². The SMILES string of the molecule is CCCN(Cc1nnc(-c2cccs2)o1)C(=O)CN(CC)CC(=O)N(C)C. The molecular formula is C18H27N5O3S. The van der Waals surface area contributed by atoms with Crippen molar-refractivity contribution in [3.05, 3.63) is 23.4 Å². The Balaban J connectivity index is 2.00. The Labute approximate surface area is 163 Å². The molecule has 8 nitrogen and oxygen atoms in total. The van der Waals surface area contributed by atoms with Crippen LogP contribution in [0.4, 0.5) is 0 Å². The van der Waals surface area contributed by atoms with Crippen LogP contribution in [0.1, 0.15) is 26.2 Å². The topological polar surface area (TPSA) is 82.8 Å². The van der Waals surface area contributed by atoms with Gasteiger partial charge in [-0.25, -0.2) is 0 Å². The maximum absolute atomic E-state index is 12.8. The third-order valence-corrected chi connectivity index (χ3v) is 4.89. The van der Waals surface area contributed by atoms with Crippen molar-refractivity contribution in [3.63, 3.8) is 0 Å². The first-order chi connectivity index (χ1) is 12.9. The normalized spacial score (nSPS) is 11.0. The lowest BCUT2D eigenvalue weighted by Gasteiger charge is -2.26. The highest BCUT2D eigenvalue weighted by atomic mass is 32.1. The van der Waals surface area contributed by atoms with E-state index in [0.717, 1.165) is 11.3 Å². The van der Waals surface area contributed by atoms with Gasteiger partial charge in [-0.15, -0.1) is 21.5 Å².